The summed E-state index contributed by atoms with van der Waals surface area (Å²) in [6, 6.07) is 18.9. The minimum atomic E-state index is -0.371. The van der Waals surface area contributed by atoms with Gasteiger partial charge in [0, 0.05) is 16.8 Å². The average molecular weight is 418 g/mol. The normalized spacial score (nSPS) is 13.6. The highest BCUT2D eigenvalue weighted by Gasteiger charge is 2.24. The molecular weight excluding hydrogens is 400 g/mol. The molecule has 4 aromatic rings. The Morgan fingerprint density at radius 3 is 2.67 bits per heavy atom. The maximum absolute atomic E-state index is 12.9. The summed E-state index contributed by atoms with van der Waals surface area (Å²) in [6.45, 7) is 2.81. The van der Waals surface area contributed by atoms with Crippen molar-refractivity contribution in [2.75, 3.05) is 23.4 Å². The molecular formula is C22H18N4O3S. The van der Waals surface area contributed by atoms with Gasteiger partial charge >= 0.3 is 6.09 Å². The topological polar surface area (TPSA) is 76.5 Å². The summed E-state index contributed by atoms with van der Waals surface area (Å²) < 4.78 is 6.85. The fourth-order valence-electron chi connectivity index (χ4n) is 3.48. The van der Waals surface area contributed by atoms with Gasteiger partial charge in [-0.25, -0.2) is 9.48 Å². The van der Waals surface area contributed by atoms with Crippen LogP contribution in [0.1, 0.15) is 15.4 Å². The summed E-state index contributed by atoms with van der Waals surface area (Å²) in [5, 5.41) is 8.50. The van der Waals surface area contributed by atoms with Crippen LogP contribution in [0.25, 0.3) is 15.9 Å². The van der Waals surface area contributed by atoms with Crippen LogP contribution in [0.5, 0.6) is 0 Å². The van der Waals surface area contributed by atoms with E-state index < -0.39 is 0 Å². The van der Waals surface area contributed by atoms with E-state index in [4.69, 9.17) is 4.74 Å². The number of para-hydroxylation sites is 1. The minimum Gasteiger partial charge on any atom is -0.447 e. The fourth-order valence-corrected chi connectivity index (χ4v) is 4.55. The van der Waals surface area contributed by atoms with Crippen LogP contribution in [0.4, 0.5) is 16.2 Å². The highest BCUT2D eigenvalue weighted by molar-refractivity contribution is 7.20. The van der Waals surface area contributed by atoms with Crippen LogP contribution in [0, 0.1) is 6.92 Å². The van der Waals surface area contributed by atoms with Gasteiger partial charge in [-0.05, 0) is 43.3 Å². The summed E-state index contributed by atoms with van der Waals surface area (Å²) in [5.74, 6) is -0.198. The highest BCUT2D eigenvalue weighted by atomic mass is 32.1. The van der Waals surface area contributed by atoms with E-state index in [0.29, 0.717) is 29.4 Å². The van der Waals surface area contributed by atoms with Crippen LogP contribution in [0.15, 0.2) is 60.7 Å². The van der Waals surface area contributed by atoms with E-state index in [2.05, 4.69) is 10.4 Å². The predicted octanol–water partition coefficient (Wildman–Crippen LogP) is 4.60. The van der Waals surface area contributed by atoms with Crippen molar-refractivity contribution in [2.24, 2.45) is 0 Å². The second-order valence-corrected chi connectivity index (χ2v) is 7.96. The molecule has 0 bridgehead atoms. The molecule has 2 aromatic heterocycles. The quantitative estimate of drug-likeness (QED) is 0.525. The number of carbonyl (C=O) groups excluding carboxylic acids is 2. The fraction of sp³-hybridized carbons (Fsp3) is 0.136. The van der Waals surface area contributed by atoms with Gasteiger partial charge < -0.3 is 10.1 Å². The van der Waals surface area contributed by atoms with Crippen molar-refractivity contribution < 1.29 is 14.3 Å². The molecule has 0 aliphatic carbocycles. The second-order valence-electron chi connectivity index (χ2n) is 6.93. The van der Waals surface area contributed by atoms with Crippen LogP contribution in [-0.2, 0) is 4.74 Å². The third kappa shape index (κ3) is 3.21. The number of ether oxygens (including phenoxy) is 1. The number of aromatic nitrogens is 2. The Labute approximate surface area is 176 Å². The number of amides is 2. The zero-order valence-corrected chi connectivity index (χ0v) is 17.0. The molecule has 7 nitrogen and oxygen atoms in total. The molecule has 8 heteroatoms. The van der Waals surface area contributed by atoms with Gasteiger partial charge in [-0.2, -0.15) is 5.10 Å². The maximum Gasteiger partial charge on any atom is 0.414 e. The Kier molecular flexibility index (Phi) is 4.48. The lowest BCUT2D eigenvalue weighted by Gasteiger charge is -2.14. The number of rotatable bonds is 4. The SMILES string of the molecule is Cc1nn(-c2ccccc2)c2sc(C(=O)Nc3cccc(N4CCOC4=O)c3)cc12. The van der Waals surface area contributed by atoms with E-state index in [1.807, 2.05) is 54.1 Å². The molecule has 150 valence electrons. The Morgan fingerprint density at radius 2 is 1.90 bits per heavy atom. The van der Waals surface area contributed by atoms with E-state index in [1.54, 1.807) is 23.1 Å². The summed E-state index contributed by atoms with van der Waals surface area (Å²) in [5.41, 5.74) is 3.14. The lowest BCUT2D eigenvalue weighted by atomic mass is 10.2. The Balaban J connectivity index is 1.43. The van der Waals surface area contributed by atoms with E-state index in [9.17, 15) is 9.59 Å². The van der Waals surface area contributed by atoms with E-state index in [0.717, 1.165) is 21.6 Å². The third-order valence-electron chi connectivity index (χ3n) is 4.95. The van der Waals surface area contributed by atoms with Gasteiger partial charge in [0.1, 0.15) is 11.4 Å². The minimum absolute atomic E-state index is 0.198. The molecule has 3 heterocycles. The second kappa shape index (κ2) is 7.31. The van der Waals surface area contributed by atoms with Crippen molar-refractivity contribution in [3.63, 3.8) is 0 Å². The lowest BCUT2D eigenvalue weighted by molar-refractivity contribution is 0.103. The number of thiophene rings is 1. The number of fused-ring (bicyclic) bond motifs is 1. The number of nitrogens with one attached hydrogen (secondary N) is 1. The third-order valence-corrected chi connectivity index (χ3v) is 6.06. The van der Waals surface area contributed by atoms with E-state index >= 15 is 0 Å². The number of carbonyl (C=O) groups is 2. The number of cyclic esters (lactones) is 1. The first-order valence-corrected chi connectivity index (χ1v) is 10.3. The van der Waals surface area contributed by atoms with Gasteiger partial charge in [0.25, 0.3) is 5.91 Å². The Hall–Kier alpha value is -3.65. The zero-order chi connectivity index (χ0) is 20.7. The summed E-state index contributed by atoms with van der Waals surface area (Å²) in [7, 11) is 0. The number of aryl methyl sites for hydroxylation is 1. The van der Waals surface area contributed by atoms with Crippen LogP contribution < -0.4 is 10.2 Å². The first-order chi connectivity index (χ1) is 14.6. The van der Waals surface area contributed by atoms with Crippen LogP contribution >= 0.6 is 11.3 Å². The Bertz CT molecular complexity index is 1260. The summed E-state index contributed by atoms with van der Waals surface area (Å²) in [4.78, 5) is 27.8. The highest BCUT2D eigenvalue weighted by Crippen LogP contribution is 2.31. The average Bonchev–Trinajstić information content (AvgIpc) is 3.45. The van der Waals surface area contributed by atoms with Crippen LogP contribution in [0.2, 0.25) is 0 Å². The molecule has 1 N–H and O–H groups in total. The molecule has 0 unspecified atom stereocenters. The van der Waals surface area contributed by atoms with Crippen molar-refractivity contribution in [1.29, 1.82) is 0 Å². The molecule has 0 radical (unpaired) electrons. The Morgan fingerprint density at radius 1 is 1.10 bits per heavy atom. The van der Waals surface area contributed by atoms with Gasteiger partial charge in [0.05, 0.1) is 22.8 Å². The van der Waals surface area contributed by atoms with Crippen LogP contribution in [0.3, 0.4) is 0 Å². The van der Waals surface area contributed by atoms with E-state index in [-0.39, 0.29) is 12.0 Å². The lowest BCUT2D eigenvalue weighted by Crippen LogP contribution is -2.23. The van der Waals surface area contributed by atoms with E-state index in [1.165, 1.54) is 11.3 Å². The monoisotopic (exact) mass is 418 g/mol. The molecule has 2 amide bonds. The predicted molar refractivity (Wildman–Crippen MR) is 117 cm³/mol. The molecule has 0 atom stereocenters. The molecule has 0 saturated carbocycles. The maximum atomic E-state index is 12.9. The van der Waals surface area contributed by atoms with Crippen molar-refractivity contribution >= 4 is 44.9 Å². The van der Waals surface area contributed by atoms with Gasteiger partial charge in [0.15, 0.2) is 0 Å². The number of anilines is 2. The van der Waals surface area contributed by atoms with Crippen molar-refractivity contribution in [3.05, 3.63) is 71.2 Å². The molecule has 0 spiro atoms. The van der Waals surface area contributed by atoms with Crippen molar-refractivity contribution in [1.82, 2.24) is 9.78 Å². The van der Waals surface area contributed by atoms with Crippen molar-refractivity contribution in [3.8, 4) is 5.69 Å². The molecule has 1 fully saturated rings. The molecule has 1 aliphatic rings. The summed E-state index contributed by atoms with van der Waals surface area (Å²) in [6.07, 6.45) is -0.371. The number of hydrogen-bond acceptors (Lipinski definition) is 5. The smallest absolute Gasteiger partial charge is 0.414 e. The number of nitrogens with zero attached hydrogens (tertiary/aromatic N) is 3. The largest absolute Gasteiger partial charge is 0.447 e. The molecule has 2 aromatic carbocycles. The van der Waals surface area contributed by atoms with Gasteiger partial charge in [0.2, 0.25) is 0 Å². The first kappa shape index (κ1) is 18.4. The standard InChI is InChI=1S/C22H18N4O3S/c1-14-18-13-19(30-21(18)26(24-14)16-7-3-2-4-8-16)20(27)23-15-6-5-9-17(12-15)25-10-11-29-22(25)28/h2-9,12-13H,10-11H2,1H3,(H,23,27). The number of benzene rings is 2. The van der Waals surface area contributed by atoms with Crippen LogP contribution in [-0.4, -0.2) is 34.9 Å². The van der Waals surface area contributed by atoms with Crippen molar-refractivity contribution in [2.45, 2.75) is 6.92 Å². The zero-order valence-electron chi connectivity index (χ0n) is 16.2. The van der Waals surface area contributed by atoms with Gasteiger partial charge in [-0.15, -0.1) is 11.3 Å². The molecule has 1 saturated heterocycles. The van der Waals surface area contributed by atoms with Gasteiger partial charge in [-0.3, -0.25) is 9.69 Å². The number of hydrogen-bond donors (Lipinski definition) is 1. The summed E-state index contributed by atoms with van der Waals surface area (Å²) >= 11 is 1.40. The first-order valence-electron chi connectivity index (χ1n) is 9.50. The molecule has 1 aliphatic heterocycles. The molecule has 5 rings (SSSR count). The van der Waals surface area contributed by atoms with Gasteiger partial charge in [-0.1, -0.05) is 24.3 Å². The molecule has 30 heavy (non-hydrogen) atoms.